The monoisotopic (exact) mass is 357 g/mol. The van der Waals surface area contributed by atoms with Gasteiger partial charge in [0.15, 0.2) is 11.5 Å². The number of hydrogen-bond acceptors (Lipinski definition) is 7. The van der Waals surface area contributed by atoms with Gasteiger partial charge in [-0.25, -0.2) is 15.0 Å². The first-order valence-electron chi connectivity index (χ1n) is 8.30. The number of rotatable bonds is 7. The van der Waals surface area contributed by atoms with Crippen molar-refractivity contribution in [2.75, 3.05) is 26.6 Å². The van der Waals surface area contributed by atoms with Crippen LogP contribution < -0.4 is 19.5 Å². The van der Waals surface area contributed by atoms with E-state index < -0.39 is 0 Å². The molecular weight excluding hydrogens is 334 g/mol. The molecule has 0 aliphatic heterocycles. The first-order valence-corrected chi connectivity index (χ1v) is 8.30. The fourth-order valence-electron chi connectivity index (χ4n) is 2.92. The van der Waals surface area contributed by atoms with Gasteiger partial charge in [0.1, 0.15) is 23.5 Å². The Kier molecular flexibility index (Phi) is 5.11. The molecule has 0 aliphatic carbocycles. The van der Waals surface area contributed by atoms with Crippen LogP contribution in [0.1, 0.15) is 25.7 Å². The number of methoxy groups -OCH3 is 3. The van der Waals surface area contributed by atoms with E-state index in [1.165, 1.54) is 6.33 Å². The maximum atomic E-state index is 5.51. The van der Waals surface area contributed by atoms with Gasteiger partial charge in [-0.2, -0.15) is 0 Å². The highest BCUT2D eigenvalue weighted by atomic mass is 16.5. The van der Waals surface area contributed by atoms with Crippen LogP contribution in [0.25, 0.3) is 10.9 Å². The number of benzene rings is 1. The van der Waals surface area contributed by atoms with Crippen molar-refractivity contribution in [1.82, 2.24) is 19.5 Å². The van der Waals surface area contributed by atoms with Crippen LogP contribution in [-0.2, 0) is 6.54 Å². The minimum Gasteiger partial charge on any atom is -0.493 e. The van der Waals surface area contributed by atoms with Gasteiger partial charge in [-0.1, -0.05) is 0 Å². The lowest BCUT2D eigenvalue weighted by molar-refractivity contribution is 0.327. The van der Waals surface area contributed by atoms with Gasteiger partial charge < -0.3 is 24.1 Å². The molecule has 26 heavy (non-hydrogen) atoms. The van der Waals surface area contributed by atoms with Crippen molar-refractivity contribution in [3.63, 3.8) is 0 Å². The highest BCUT2D eigenvalue weighted by Crippen LogP contribution is 2.43. The molecule has 0 bridgehead atoms. The molecule has 3 aromatic rings. The van der Waals surface area contributed by atoms with Crippen LogP contribution in [0.2, 0.25) is 0 Å². The lowest BCUT2D eigenvalue weighted by Crippen LogP contribution is -2.11. The zero-order chi connectivity index (χ0) is 18.7. The summed E-state index contributed by atoms with van der Waals surface area (Å²) in [7, 11) is 4.73. The van der Waals surface area contributed by atoms with Gasteiger partial charge in [0.25, 0.3) is 0 Å². The van der Waals surface area contributed by atoms with Crippen molar-refractivity contribution in [2.24, 2.45) is 0 Å². The zero-order valence-corrected chi connectivity index (χ0v) is 15.6. The number of aromatic nitrogens is 4. The molecule has 2 aromatic heterocycles. The molecule has 3 rings (SSSR count). The molecule has 0 saturated carbocycles. The van der Waals surface area contributed by atoms with Crippen LogP contribution >= 0.6 is 0 Å². The second kappa shape index (κ2) is 7.47. The highest BCUT2D eigenvalue weighted by Gasteiger charge is 2.19. The molecular formula is C18H23N5O3. The maximum Gasteiger partial charge on any atom is 0.205 e. The lowest BCUT2D eigenvalue weighted by Gasteiger charge is -2.16. The molecule has 0 saturated heterocycles. The molecule has 8 nitrogen and oxygen atoms in total. The van der Waals surface area contributed by atoms with E-state index in [1.807, 2.05) is 12.3 Å². The quantitative estimate of drug-likeness (QED) is 0.696. The van der Waals surface area contributed by atoms with Crippen molar-refractivity contribution in [2.45, 2.75) is 26.4 Å². The predicted octanol–water partition coefficient (Wildman–Crippen LogP) is 3.05. The number of fused-ring (bicyclic) bond motifs is 1. The van der Waals surface area contributed by atoms with Gasteiger partial charge in [0, 0.05) is 18.4 Å². The Morgan fingerprint density at radius 3 is 2.46 bits per heavy atom. The van der Waals surface area contributed by atoms with Gasteiger partial charge >= 0.3 is 0 Å². The van der Waals surface area contributed by atoms with E-state index in [9.17, 15) is 0 Å². The van der Waals surface area contributed by atoms with Crippen LogP contribution in [0, 0.1) is 0 Å². The number of nitrogens with one attached hydrogen (secondary N) is 1. The van der Waals surface area contributed by atoms with Gasteiger partial charge in [-0.05, 0) is 19.9 Å². The fraction of sp³-hybridized carbons (Fsp3) is 0.389. The molecule has 0 unspecified atom stereocenters. The average molecular weight is 357 g/mol. The largest absolute Gasteiger partial charge is 0.493 e. The minimum absolute atomic E-state index is 0.334. The van der Waals surface area contributed by atoms with Crippen molar-refractivity contribution < 1.29 is 14.2 Å². The molecule has 0 fully saturated rings. The average Bonchev–Trinajstić information content (AvgIpc) is 3.13. The van der Waals surface area contributed by atoms with Crippen molar-refractivity contribution >= 4 is 16.7 Å². The first-order chi connectivity index (χ1) is 12.6. The Balaban J connectivity index is 2.02. The van der Waals surface area contributed by atoms with Crippen LogP contribution in [0.4, 0.5) is 5.82 Å². The van der Waals surface area contributed by atoms with Crippen molar-refractivity contribution in [1.29, 1.82) is 0 Å². The summed E-state index contributed by atoms with van der Waals surface area (Å²) in [6, 6.07) is 2.18. The third-order valence-corrected chi connectivity index (χ3v) is 4.15. The summed E-state index contributed by atoms with van der Waals surface area (Å²) in [6.45, 7) is 4.77. The molecule has 0 radical (unpaired) electrons. The van der Waals surface area contributed by atoms with E-state index in [-0.39, 0.29) is 0 Å². The summed E-state index contributed by atoms with van der Waals surface area (Å²) < 4.78 is 18.5. The number of anilines is 1. The highest BCUT2D eigenvalue weighted by molar-refractivity contribution is 5.96. The second-order valence-electron chi connectivity index (χ2n) is 5.96. The summed E-state index contributed by atoms with van der Waals surface area (Å²) in [6.07, 6.45) is 5.26. The molecule has 1 aromatic carbocycles. The van der Waals surface area contributed by atoms with Gasteiger partial charge in [-0.3, -0.25) is 0 Å². The summed E-state index contributed by atoms with van der Waals surface area (Å²) in [5.41, 5.74) is 0.648. The molecule has 1 N–H and O–H groups in total. The summed E-state index contributed by atoms with van der Waals surface area (Å²) in [5, 5.41) is 4.12. The van der Waals surface area contributed by atoms with E-state index in [1.54, 1.807) is 27.5 Å². The number of ether oxygens (including phenoxy) is 3. The molecule has 0 aliphatic rings. The predicted molar refractivity (Wildman–Crippen MR) is 99.1 cm³/mol. The lowest BCUT2D eigenvalue weighted by atomic mass is 10.2. The zero-order valence-electron chi connectivity index (χ0n) is 15.6. The Morgan fingerprint density at radius 2 is 1.81 bits per heavy atom. The Bertz CT molecular complexity index is 907. The van der Waals surface area contributed by atoms with E-state index in [2.05, 4.69) is 38.7 Å². The molecule has 8 heteroatoms. The standard InChI is InChI=1S/C18H23N5O3/c1-11(2)23-7-6-19-14(23)9-20-18-12-8-13(24-3)16(25-4)17(26-5)15(12)21-10-22-18/h6-8,10-11H,9H2,1-5H3,(H,20,21,22). The second-order valence-corrected chi connectivity index (χ2v) is 5.96. The fourth-order valence-corrected chi connectivity index (χ4v) is 2.92. The van der Waals surface area contributed by atoms with E-state index in [4.69, 9.17) is 14.2 Å². The molecule has 2 heterocycles. The third-order valence-electron chi connectivity index (χ3n) is 4.15. The van der Waals surface area contributed by atoms with Crippen LogP contribution in [0.15, 0.2) is 24.8 Å². The first kappa shape index (κ1) is 17.8. The van der Waals surface area contributed by atoms with Crippen molar-refractivity contribution in [3.05, 3.63) is 30.6 Å². The molecule has 0 atom stereocenters. The Labute approximate surface area is 152 Å². The Morgan fingerprint density at radius 1 is 1.04 bits per heavy atom. The summed E-state index contributed by atoms with van der Waals surface area (Å²) in [4.78, 5) is 13.1. The normalized spacial score (nSPS) is 11.0. The smallest absolute Gasteiger partial charge is 0.205 e. The van der Waals surface area contributed by atoms with Gasteiger partial charge in [-0.15, -0.1) is 0 Å². The minimum atomic E-state index is 0.334. The third kappa shape index (κ3) is 3.10. The van der Waals surface area contributed by atoms with Gasteiger partial charge in [0.05, 0.1) is 33.3 Å². The van der Waals surface area contributed by atoms with Crippen LogP contribution in [0.5, 0.6) is 17.2 Å². The van der Waals surface area contributed by atoms with E-state index >= 15 is 0 Å². The number of nitrogens with zero attached hydrogens (tertiary/aromatic N) is 4. The number of imidazole rings is 1. The van der Waals surface area contributed by atoms with E-state index in [0.717, 1.165) is 11.2 Å². The maximum absolute atomic E-state index is 5.51. The molecule has 0 spiro atoms. The number of hydrogen-bond donors (Lipinski definition) is 1. The van der Waals surface area contributed by atoms with Crippen LogP contribution in [0.3, 0.4) is 0 Å². The molecule has 0 amide bonds. The van der Waals surface area contributed by atoms with Crippen LogP contribution in [-0.4, -0.2) is 40.8 Å². The van der Waals surface area contributed by atoms with Crippen molar-refractivity contribution in [3.8, 4) is 17.2 Å². The SMILES string of the molecule is COc1cc2c(NCc3nccn3C(C)C)ncnc2c(OC)c1OC. The Hall–Kier alpha value is -3.03. The topological polar surface area (TPSA) is 83.3 Å². The summed E-state index contributed by atoms with van der Waals surface area (Å²) >= 11 is 0. The summed E-state index contributed by atoms with van der Waals surface area (Å²) in [5.74, 6) is 3.17. The van der Waals surface area contributed by atoms with E-state index in [0.29, 0.717) is 41.2 Å². The van der Waals surface area contributed by atoms with Gasteiger partial charge in [0.2, 0.25) is 5.75 Å². The molecule has 138 valence electrons.